The Bertz CT molecular complexity index is 397. The van der Waals surface area contributed by atoms with E-state index >= 15 is 0 Å². The van der Waals surface area contributed by atoms with Crippen molar-refractivity contribution in [1.82, 2.24) is 0 Å². The number of nitrogens with two attached hydrogens (primary N) is 1. The summed E-state index contributed by atoms with van der Waals surface area (Å²) in [6, 6.07) is 5.92. The van der Waals surface area contributed by atoms with Crippen molar-refractivity contribution in [1.29, 1.82) is 0 Å². The highest BCUT2D eigenvalue weighted by molar-refractivity contribution is 5.56. The van der Waals surface area contributed by atoms with Gasteiger partial charge in [-0.1, -0.05) is 18.2 Å². The van der Waals surface area contributed by atoms with Crippen molar-refractivity contribution in [2.24, 2.45) is 11.7 Å². The molecule has 92 valence electrons. The van der Waals surface area contributed by atoms with E-state index in [4.69, 9.17) is 15.2 Å². The van der Waals surface area contributed by atoms with Crippen LogP contribution in [0.3, 0.4) is 0 Å². The van der Waals surface area contributed by atoms with Gasteiger partial charge in [0.2, 0.25) is 0 Å². The van der Waals surface area contributed by atoms with E-state index in [0.717, 1.165) is 29.6 Å². The van der Waals surface area contributed by atoms with Crippen molar-refractivity contribution in [3.8, 4) is 11.5 Å². The number of hydrogen-bond acceptors (Lipinski definition) is 3. The summed E-state index contributed by atoms with van der Waals surface area (Å²) in [5.74, 6) is 2.34. The number of methoxy groups -OCH3 is 1. The molecule has 0 unspecified atom stereocenters. The summed E-state index contributed by atoms with van der Waals surface area (Å²) in [6.07, 6.45) is 6.49. The van der Waals surface area contributed by atoms with Gasteiger partial charge >= 0.3 is 0 Å². The zero-order valence-electron chi connectivity index (χ0n) is 10.2. The lowest BCUT2D eigenvalue weighted by Crippen LogP contribution is -2.01. The molecular weight excluding hydrogens is 214 g/mol. The summed E-state index contributed by atoms with van der Waals surface area (Å²) < 4.78 is 11.1. The Morgan fingerprint density at radius 1 is 1.35 bits per heavy atom. The monoisotopic (exact) mass is 233 g/mol. The van der Waals surface area contributed by atoms with Crippen molar-refractivity contribution in [3.63, 3.8) is 0 Å². The minimum atomic E-state index is 0.546. The molecule has 17 heavy (non-hydrogen) atoms. The van der Waals surface area contributed by atoms with Crippen LogP contribution in [-0.4, -0.2) is 20.3 Å². The van der Waals surface area contributed by atoms with Gasteiger partial charge in [-0.3, -0.25) is 0 Å². The lowest BCUT2D eigenvalue weighted by molar-refractivity contribution is 0.280. The van der Waals surface area contributed by atoms with E-state index < -0.39 is 0 Å². The van der Waals surface area contributed by atoms with Crippen molar-refractivity contribution >= 4 is 6.08 Å². The van der Waals surface area contributed by atoms with Crippen LogP contribution in [0.4, 0.5) is 0 Å². The average Bonchev–Trinajstić information content (AvgIpc) is 3.18. The normalized spacial score (nSPS) is 15.2. The fourth-order valence-corrected chi connectivity index (χ4v) is 1.61. The van der Waals surface area contributed by atoms with Gasteiger partial charge in [0, 0.05) is 6.54 Å². The van der Waals surface area contributed by atoms with Crippen LogP contribution < -0.4 is 15.2 Å². The molecule has 0 amide bonds. The predicted molar refractivity (Wildman–Crippen MR) is 69.3 cm³/mol. The summed E-state index contributed by atoms with van der Waals surface area (Å²) in [4.78, 5) is 0. The molecule has 2 rings (SSSR count). The van der Waals surface area contributed by atoms with E-state index in [1.807, 2.05) is 30.4 Å². The second kappa shape index (κ2) is 5.73. The summed E-state index contributed by atoms with van der Waals surface area (Å²) in [7, 11) is 1.66. The van der Waals surface area contributed by atoms with Crippen molar-refractivity contribution < 1.29 is 9.47 Å². The van der Waals surface area contributed by atoms with Crippen LogP contribution in [-0.2, 0) is 0 Å². The quantitative estimate of drug-likeness (QED) is 0.820. The van der Waals surface area contributed by atoms with Gasteiger partial charge < -0.3 is 15.2 Å². The summed E-state index contributed by atoms with van der Waals surface area (Å²) in [6.45, 7) is 1.34. The molecule has 0 saturated heterocycles. The topological polar surface area (TPSA) is 44.5 Å². The van der Waals surface area contributed by atoms with Gasteiger partial charge in [0.25, 0.3) is 0 Å². The molecule has 0 aliphatic heterocycles. The molecule has 0 heterocycles. The highest BCUT2D eigenvalue weighted by atomic mass is 16.5. The number of hydrogen-bond donors (Lipinski definition) is 1. The molecule has 0 atom stereocenters. The highest BCUT2D eigenvalue weighted by Crippen LogP contribution is 2.33. The Hall–Kier alpha value is -1.48. The van der Waals surface area contributed by atoms with Gasteiger partial charge in [0.05, 0.1) is 13.7 Å². The molecule has 1 saturated carbocycles. The maximum atomic E-state index is 5.78. The molecule has 1 aliphatic rings. The molecule has 3 nitrogen and oxygen atoms in total. The summed E-state index contributed by atoms with van der Waals surface area (Å²) in [5.41, 5.74) is 6.52. The van der Waals surface area contributed by atoms with Crippen LogP contribution >= 0.6 is 0 Å². The first-order valence-electron chi connectivity index (χ1n) is 6.01. The minimum Gasteiger partial charge on any atom is -0.493 e. The fraction of sp³-hybridized carbons (Fsp3) is 0.429. The van der Waals surface area contributed by atoms with Crippen molar-refractivity contribution in [2.45, 2.75) is 12.8 Å². The van der Waals surface area contributed by atoms with E-state index in [0.29, 0.717) is 6.54 Å². The number of benzene rings is 1. The van der Waals surface area contributed by atoms with Crippen molar-refractivity contribution in [2.75, 3.05) is 20.3 Å². The lowest BCUT2D eigenvalue weighted by Gasteiger charge is -2.11. The molecule has 0 spiro atoms. The Morgan fingerprint density at radius 2 is 2.18 bits per heavy atom. The molecule has 2 N–H and O–H groups in total. The number of rotatable bonds is 6. The molecule has 0 aromatic heterocycles. The average molecular weight is 233 g/mol. The first-order chi connectivity index (χ1) is 8.33. The van der Waals surface area contributed by atoms with E-state index in [2.05, 4.69) is 0 Å². The number of ether oxygens (including phenoxy) is 2. The second-order valence-electron chi connectivity index (χ2n) is 4.30. The summed E-state index contributed by atoms with van der Waals surface area (Å²) in [5, 5.41) is 0. The lowest BCUT2D eigenvalue weighted by atomic mass is 10.2. The molecule has 1 fully saturated rings. The Balaban J connectivity index is 2.09. The SMILES string of the molecule is COc1ccc(/C=C/CN)cc1OCC1CC1. The maximum absolute atomic E-state index is 5.78. The van der Waals surface area contributed by atoms with Crippen LogP contribution in [0.15, 0.2) is 24.3 Å². The van der Waals surface area contributed by atoms with Gasteiger partial charge in [-0.05, 0) is 36.5 Å². The van der Waals surface area contributed by atoms with Gasteiger partial charge in [0.15, 0.2) is 11.5 Å². The maximum Gasteiger partial charge on any atom is 0.161 e. The zero-order chi connectivity index (χ0) is 12.1. The molecule has 1 aliphatic carbocycles. The molecule has 0 bridgehead atoms. The van der Waals surface area contributed by atoms with Gasteiger partial charge in [-0.25, -0.2) is 0 Å². The zero-order valence-corrected chi connectivity index (χ0v) is 10.2. The third-order valence-corrected chi connectivity index (χ3v) is 2.81. The van der Waals surface area contributed by atoms with Gasteiger partial charge in [0.1, 0.15) is 0 Å². The Morgan fingerprint density at radius 3 is 2.82 bits per heavy atom. The smallest absolute Gasteiger partial charge is 0.161 e. The van der Waals surface area contributed by atoms with Crippen LogP contribution in [0, 0.1) is 5.92 Å². The van der Waals surface area contributed by atoms with Crippen molar-refractivity contribution in [3.05, 3.63) is 29.8 Å². The van der Waals surface area contributed by atoms with Crippen LogP contribution in [0.2, 0.25) is 0 Å². The van der Waals surface area contributed by atoms with E-state index in [-0.39, 0.29) is 0 Å². The van der Waals surface area contributed by atoms with E-state index in [1.54, 1.807) is 7.11 Å². The molecular formula is C14H19NO2. The van der Waals surface area contributed by atoms with Crippen LogP contribution in [0.25, 0.3) is 6.08 Å². The standard InChI is InChI=1S/C14H19NO2/c1-16-13-7-6-11(3-2-8-15)9-14(13)17-10-12-4-5-12/h2-3,6-7,9,12H,4-5,8,10,15H2,1H3/b3-2+. The van der Waals surface area contributed by atoms with E-state index in [1.165, 1.54) is 12.8 Å². The fourth-order valence-electron chi connectivity index (χ4n) is 1.61. The molecule has 3 heteroatoms. The van der Waals surface area contributed by atoms with Crippen LogP contribution in [0.1, 0.15) is 18.4 Å². The van der Waals surface area contributed by atoms with Crippen LogP contribution in [0.5, 0.6) is 11.5 Å². The Kier molecular flexibility index (Phi) is 4.04. The van der Waals surface area contributed by atoms with Gasteiger partial charge in [-0.15, -0.1) is 0 Å². The third kappa shape index (κ3) is 3.49. The highest BCUT2D eigenvalue weighted by Gasteiger charge is 2.22. The van der Waals surface area contributed by atoms with E-state index in [9.17, 15) is 0 Å². The largest absolute Gasteiger partial charge is 0.493 e. The van der Waals surface area contributed by atoms with Gasteiger partial charge in [-0.2, -0.15) is 0 Å². The molecule has 1 aromatic rings. The first-order valence-corrected chi connectivity index (χ1v) is 6.01. The predicted octanol–water partition coefficient (Wildman–Crippen LogP) is 2.46. The third-order valence-electron chi connectivity index (χ3n) is 2.81. The second-order valence-corrected chi connectivity index (χ2v) is 4.30. The molecule has 1 aromatic carbocycles. The first kappa shape index (κ1) is 12.0. The minimum absolute atomic E-state index is 0.546. The Labute approximate surface area is 102 Å². The molecule has 0 radical (unpaired) electrons. The summed E-state index contributed by atoms with van der Waals surface area (Å²) >= 11 is 0.